The van der Waals surface area contributed by atoms with Crippen LogP contribution in [0.3, 0.4) is 0 Å². The van der Waals surface area contributed by atoms with Crippen molar-refractivity contribution in [3.05, 3.63) is 29.5 Å². The van der Waals surface area contributed by atoms with E-state index in [1.165, 1.54) is 19.3 Å². The van der Waals surface area contributed by atoms with Gasteiger partial charge < -0.3 is 9.84 Å². The number of hydrogen-bond acceptors (Lipinski definition) is 3. The van der Waals surface area contributed by atoms with Gasteiger partial charge in [0.15, 0.2) is 0 Å². The Balaban J connectivity index is 3.16. The summed E-state index contributed by atoms with van der Waals surface area (Å²) in [5.74, 6) is 0.0812. The summed E-state index contributed by atoms with van der Waals surface area (Å²) < 4.78 is 41.9. The van der Waals surface area contributed by atoms with Crippen LogP contribution >= 0.6 is 0 Å². The maximum Gasteiger partial charge on any atom is 0.417 e. The average Bonchev–Trinajstić information content (AvgIpc) is 2.24. The van der Waals surface area contributed by atoms with Crippen LogP contribution in [0.2, 0.25) is 0 Å². The first kappa shape index (κ1) is 12.5. The van der Waals surface area contributed by atoms with Crippen molar-refractivity contribution in [1.82, 2.24) is 4.98 Å². The molecule has 16 heavy (non-hydrogen) atoms. The van der Waals surface area contributed by atoms with E-state index in [1.807, 2.05) is 0 Å². The summed E-state index contributed by atoms with van der Waals surface area (Å²) in [6.45, 7) is -0.264. The third kappa shape index (κ3) is 2.96. The molecule has 1 heterocycles. The third-order valence-electron chi connectivity index (χ3n) is 1.80. The lowest BCUT2D eigenvalue weighted by atomic mass is 10.2. The molecule has 0 atom stereocenters. The highest BCUT2D eigenvalue weighted by Crippen LogP contribution is 2.31. The third-order valence-corrected chi connectivity index (χ3v) is 1.80. The largest absolute Gasteiger partial charge is 0.481 e. The Morgan fingerprint density at radius 1 is 1.50 bits per heavy atom. The van der Waals surface area contributed by atoms with Crippen molar-refractivity contribution in [3.63, 3.8) is 0 Å². The van der Waals surface area contributed by atoms with Crippen molar-refractivity contribution in [2.75, 3.05) is 13.7 Å². The van der Waals surface area contributed by atoms with Gasteiger partial charge in [-0.25, -0.2) is 4.98 Å². The number of halogens is 3. The maximum absolute atomic E-state index is 12.4. The minimum Gasteiger partial charge on any atom is -0.481 e. The lowest BCUT2D eigenvalue weighted by molar-refractivity contribution is -0.137. The number of methoxy groups -OCH3 is 1. The normalized spacial score (nSPS) is 12.1. The molecule has 0 aromatic carbocycles. The van der Waals surface area contributed by atoms with E-state index in [2.05, 4.69) is 4.98 Å². The van der Waals surface area contributed by atoms with Crippen molar-refractivity contribution < 1.29 is 23.0 Å². The number of aliphatic hydroxyl groups is 1. The number of ether oxygens (including phenoxy) is 1. The molecule has 0 amide bonds. The van der Waals surface area contributed by atoms with Crippen LogP contribution in [0.25, 0.3) is 6.08 Å². The van der Waals surface area contributed by atoms with Gasteiger partial charge in [-0.3, -0.25) is 0 Å². The molecule has 0 aliphatic rings. The lowest BCUT2D eigenvalue weighted by Gasteiger charge is -2.09. The molecule has 0 spiro atoms. The molecular formula is C10H10F3NO2. The predicted octanol–water partition coefficient (Wildman–Crippen LogP) is 2.11. The van der Waals surface area contributed by atoms with Crippen molar-refractivity contribution in [2.24, 2.45) is 0 Å². The Hall–Kier alpha value is -1.56. The van der Waals surface area contributed by atoms with E-state index in [0.29, 0.717) is 6.20 Å². The number of aromatic nitrogens is 1. The number of nitrogens with zero attached hydrogens (tertiary/aromatic N) is 1. The zero-order chi connectivity index (χ0) is 12.2. The first-order chi connectivity index (χ1) is 7.49. The monoisotopic (exact) mass is 233 g/mol. The number of hydrogen-bond donors (Lipinski definition) is 1. The van der Waals surface area contributed by atoms with E-state index in [4.69, 9.17) is 9.84 Å². The van der Waals surface area contributed by atoms with Crippen LogP contribution < -0.4 is 4.74 Å². The summed E-state index contributed by atoms with van der Waals surface area (Å²) in [4.78, 5) is 3.54. The predicted molar refractivity (Wildman–Crippen MR) is 51.9 cm³/mol. The molecular weight excluding hydrogens is 223 g/mol. The van der Waals surface area contributed by atoms with Crippen LogP contribution in [0.4, 0.5) is 13.2 Å². The summed E-state index contributed by atoms with van der Waals surface area (Å²) in [5, 5.41) is 8.55. The molecule has 1 N–H and O–H groups in total. The van der Waals surface area contributed by atoms with Gasteiger partial charge in [0.05, 0.1) is 19.3 Å². The van der Waals surface area contributed by atoms with Gasteiger partial charge in [-0.2, -0.15) is 13.2 Å². The van der Waals surface area contributed by atoms with E-state index in [-0.39, 0.29) is 18.1 Å². The molecule has 0 aliphatic heterocycles. The minimum absolute atomic E-state index is 0.0812. The minimum atomic E-state index is -4.44. The molecule has 1 aromatic heterocycles. The van der Waals surface area contributed by atoms with Gasteiger partial charge in [0, 0.05) is 11.8 Å². The highest BCUT2D eigenvalue weighted by Gasteiger charge is 2.31. The Bertz CT molecular complexity index is 388. The van der Waals surface area contributed by atoms with Gasteiger partial charge in [-0.15, -0.1) is 0 Å². The molecule has 0 aliphatic carbocycles. The van der Waals surface area contributed by atoms with Gasteiger partial charge in [0.2, 0.25) is 5.88 Å². The smallest absolute Gasteiger partial charge is 0.417 e. The highest BCUT2D eigenvalue weighted by atomic mass is 19.4. The van der Waals surface area contributed by atoms with Crippen molar-refractivity contribution in [3.8, 4) is 5.88 Å². The fourth-order valence-corrected chi connectivity index (χ4v) is 1.09. The molecule has 6 heteroatoms. The van der Waals surface area contributed by atoms with Crippen LogP contribution in [0.1, 0.15) is 11.1 Å². The highest BCUT2D eigenvalue weighted by molar-refractivity contribution is 5.55. The molecule has 0 unspecified atom stereocenters. The van der Waals surface area contributed by atoms with E-state index in [1.54, 1.807) is 0 Å². The molecule has 1 aromatic rings. The Morgan fingerprint density at radius 2 is 2.19 bits per heavy atom. The zero-order valence-corrected chi connectivity index (χ0v) is 8.45. The molecule has 3 nitrogen and oxygen atoms in total. The topological polar surface area (TPSA) is 42.4 Å². The molecule has 0 bridgehead atoms. The van der Waals surface area contributed by atoms with Crippen LogP contribution in [0, 0.1) is 0 Å². The van der Waals surface area contributed by atoms with Crippen LogP contribution in [-0.4, -0.2) is 23.8 Å². The average molecular weight is 233 g/mol. The van der Waals surface area contributed by atoms with Gasteiger partial charge in [-0.05, 0) is 6.07 Å². The Labute approximate surface area is 90.2 Å². The van der Waals surface area contributed by atoms with Crippen LogP contribution in [-0.2, 0) is 6.18 Å². The van der Waals surface area contributed by atoms with Gasteiger partial charge in [0.1, 0.15) is 0 Å². The van der Waals surface area contributed by atoms with E-state index in [9.17, 15) is 13.2 Å². The zero-order valence-electron chi connectivity index (χ0n) is 8.45. The molecule has 0 fully saturated rings. The number of aliphatic hydroxyl groups excluding tert-OH is 1. The number of pyridine rings is 1. The quantitative estimate of drug-likeness (QED) is 0.869. The Morgan fingerprint density at radius 3 is 2.69 bits per heavy atom. The van der Waals surface area contributed by atoms with E-state index >= 15 is 0 Å². The SMILES string of the molecule is COc1ncc(C(F)(F)F)cc1C=CCO. The molecule has 0 radical (unpaired) electrons. The number of rotatable bonds is 3. The van der Waals surface area contributed by atoms with Gasteiger partial charge >= 0.3 is 6.18 Å². The van der Waals surface area contributed by atoms with Crippen LogP contribution in [0.5, 0.6) is 5.88 Å². The molecule has 0 saturated carbocycles. The van der Waals surface area contributed by atoms with Crippen LogP contribution in [0.15, 0.2) is 18.3 Å². The molecule has 88 valence electrons. The second-order valence-electron chi connectivity index (χ2n) is 2.91. The molecule has 0 saturated heterocycles. The summed E-state index contributed by atoms with van der Waals surface area (Å²) in [5.41, 5.74) is -0.683. The maximum atomic E-state index is 12.4. The van der Waals surface area contributed by atoms with Gasteiger partial charge in [0.25, 0.3) is 0 Å². The van der Waals surface area contributed by atoms with E-state index in [0.717, 1.165) is 6.07 Å². The van der Waals surface area contributed by atoms with Crippen molar-refractivity contribution in [1.29, 1.82) is 0 Å². The Kier molecular flexibility index (Phi) is 3.89. The second kappa shape index (κ2) is 4.98. The lowest BCUT2D eigenvalue weighted by Crippen LogP contribution is -2.06. The van der Waals surface area contributed by atoms with E-state index < -0.39 is 11.7 Å². The summed E-state index contributed by atoms with van der Waals surface area (Å²) in [6.07, 6.45) is -1.11. The van der Waals surface area contributed by atoms with Crippen molar-refractivity contribution in [2.45, 2.75) is 6.18 Å². The van der Waals surface area contributed by atoms with Gasteiger partial charge in [-0.1, -0.05) is 12.2 Å². The molecule has 1 rings (SSSR count). The first-order valence-corrected chi connectivity index (χ1v) is 4.37. The fraction of sp³-hybridized carbons (Fsp3) is 0.300. The fourth-order valence-electron chi connectivity index (χ4n) is 1.09. The second-order valence-corrected chi connectivity index (χ2v) is 2.91. The first-order valence-electron chi connectivity index (χ1n) is 4.37. The standard InChI is InChI=1S/C10H10F3NO2/c1-16-9-7(3-2-4-15)5-8(6-14-9)10(11,12)13/h2-3,5-6,15H,4H2,1H3. The summed E-state index contributed by atoms with van der Waals surface area (Å²) in [7, 11) is 1.31. The summed E-state index contributed by atoms with van der Waals surface area (Å²) in [6, 6.07) is 0.915. The summed E-state index contributed by atoms with van der Waals surface area (Å²) >= 11 is 0. The van der Waals surface area contributed by atoms with Crippen molar-refractivity contribution >= 4 is 6.08 Å². The number of alkyl halides is 3.